The van der Waals surface area contributed by atoms with Crippen LogP contribution in [0, 0.1) is 0 Å². The lowest BCUT2D eigenvalue weighted by Gasteiger charge is -2.32. The number of hydrogen-bond donors (Lipinski definition) is 2. The quantitative estimate of drug-likeness (QED) is 0.838. The Hall–Kier alpha value is -1.88. The van der Waals surface area contributed by atoms with E-state index in [9.17, 15) is 9.59 Å². The van der Waals surface area contributed by atoms with E-state index in [0.717, 1.165) is 24.9 Å². The van der Waals surface area contributed by atoms with Crippen LogP contribution in [0.25, 0.3) is 0 Å². The Morgan fingerprint density at radius 1 is 1.33 bits per heavy atom. The highest BCUT2D eigenvalue weighted by Gasteiger charge is 2.29. The maximum Gasteiger partial charge on any atom is 0.242 e. The van der Waals surface area contributed by atoms with Crippen molar-refractivity contribution < 1.29 is 9.59 Å². The lowest BCUT2D eigenvalue weighted by atomic mass is 9.93. The van der Waals surface area contributed by atoms with Crippen molar-refractivity contribution in [2.45, 2.75) is 31.3 Å². The fourth-order valence-corrected chi connectivity index (χ4v) is 3.15. The summed E-state index contributed by atoms with van der Waals surface area (Å²) in [5, 5.41) is 6.38. The van der Waals surface area contributed by atoms with Crippen LogP contribution in [0.15, 0.2) is 24.3 Å². The molecule has 0 bridgehead atoms. The van der Waals surface area contributed by atoms with Crippen LogP contribution in [-0.2, 0) is 16.0 Å². The molecule has 2 unspecified atom stereocenters. The molecule has 3 rings (SSSR count). The molecule has 2 atom stereocenters. The van der Waals surface area contributed by atoms with Gasteiger partial charge in [0.05, 0.1) is 0 Å². The molecule has 1 aromatic carbocycles. The van der Waals surface area contributed by atoms with Gasteiger partial charge in [-0.05, 0) is 24.0 Å². The Morgan fingerprint density at radius 3 is 2.95 bits per heavy atom. The molecule has 0 spiro atoms. The number of likely N-dealkylation sites (N-methyl/N-ethyl adjacent to an activating group) is 1. The van der Waals surface area contributed by atoms with E-state index in [1.165, 1.54) is 5.56 Å². The van der Waals surface area contributed by atoms with E-state index >= 15 is 0 Å². The minimum Gasteiger partial charge on any atom is -0.350 e. The third kappa shape index (κ3) is 2.93. The zero-order valence-corrected chi connectivity index (χ0v) is 12.3. The molecule has 2 aliphatic rings. The second kappa shape index (κ2) is 5.85. The molecule has 1 saturated heterocycles. The number of likely N-dealkylation sites (tertiary alicyclic amines) is 1. The van der Waals surface area contributed by atoms with Crippen molar-refractivity contribution in [3.05, 3.63) is 35.4 Å². The van der Waals surface area contributed by atoms with Crippen molar-refractivity contribution in [1.82, 2.24) is 15.5 Å². The second-order valence-corrected chi connectivity index (χ2v) is 5.85. The average molecular weight is 287 g/mol. The summed E-state index contributed by atoms with van der Waals surface area (Å²) in [6.07, 6.45) is 2.19. The summed E-state index contributed by atoms with van der Waals surface area (Å²) in [7, 11) is 1.79. The van der Waals surface area contributed by atoms with Gasteiger partial charge in [0.1, 0.15) is 6.04 Å². The molecule has 0 radical (unpaired) electrons. The topological polar surface area (TPSA) is 61.4 Å². The molecule has 2 N–H and O–H groups in total. The lowest BCUT2D eigenvalue weighted by molar-refractivity contribution is -0.134. The smallest absolute Gasteiger partial charge is 0.242 e. The van der Waals surface area contributed by atoms with Crippen LogP contribution in [0.3, 0.4) is 0 Å². The molecule has 0 aliphatic carbocycles. The predicted octanol–water partition coefficient (Wildman–Crippen LogP) is 0.610. The Kier molecular flexibility index (Phi) is 3.92. The van der Waals surface area contributed by atoms with E-state index in [2.05, 4.69) is 16.7 Å². The van der Waals surface area contributed by atoms with Crippen LogP contribution in [0.2, 0.25) is 0 Å². The highest BCUT2D eigenvalue weighted by molar-refractivity contribution is 5.84. The van der Waals surface area contributed by atoms with Crippen LogP contribution in [0.5, 0.6) is 0 Å². The van der Waals surface area contributed by atoms with Crippen LogP contribution in [0.1, 0.15) is 30.0 Å². The maximum absolute atomic E-state index is 12.5. The molecular formula is C16H21N3O2. The minimum absolute atomic E-state index is 0.00917. The fraction of sp³-hybridized carbons (Fsp3) is 0.500. The summed E-state index contributed by atoms with van der Waals surface area (Å²) in [6.45, 7) is 1.41. The first-order chi connectivity index (χ1) is 10.1. The van der Waals surface area contributed by atoms with E-state index < -0.39 is 0 Å². The molecule has 5 nitrogen and oxygen atoms in total. The number of fused-ring (bicyclic) bond motifs is 1. The van der Waals surface area contributed by atoms with Gasteiger partial charge < -0.3 is 15.5 Å². The Morgan fingerprint density at radius 2 is 2.14 bits per heavy atom. The number of amides is 2. The zero-order valence-electron chi connectivity index (χ0n) is 12.3. The number of carbonyl (C=O) groups excluding carboxylic acids is 2. The monoisotopic (exact) mass is 287 g/mol. The molecule has 21 heavy (non-hydrogen) atoms. The van der Waals surface area contributed by atoms with Crippen LogP contribution < -0.4 is 10.6 Å². The van der Waals surface area contributed by atoms with Crippen molar-refractivity contribution in [3.8, 4) is 0 Å². The Bertz CT molecular complexity index is 558. The third-order valence-electron chi connectivity index (χ3n) is 4.34. The van der Waals surface area contributed by atoms with Crippen LogP contribution >= 0.6 is 0 Å². The van der Waals surface area contributed by atoms with Gasteiger partial charge in [0.25, 0.3) is 0 Å². The number of benzene rings is 1. The van der Waals surface area contributed by atoms with E-state index in [4.69, 9.17) is 0 Å². The zero-order chi connectivity index (χ0) is 14.8. The Labute approximate surface area is 124 Å². The third-order valence-corrected chi connectivity index (χ3v) is 4.34. The van der Waals surface area contributed by atoms with Crippen LogP contribution in [-0.4, -0.2) is 42.9 Å². The highest BCUT2D eigenvalue weighted by Crippen LogP contribution is 2.23. The summed E-state index contributed by atoms with van der Waals surface area (Å²) in [6, 6.07) is 7.86. The molecule has 1 fully saturated rings. The molecule has 2 aliphatic heterocycles. The molecule has 1 aromatic rings. The first-order valence-corrected chi connectivity index (χ1v) is 7.50. The largest absolute Gasteiger partial charge is 0.350 e. The van der Waals surface area contributed by atoms with Gasteiger partial charge in [0.15, 0.2) is 0 Å². The predicted molar refractivity (Wildman–Crippen MR) is 79.7 cm³/mol. The van der Waals surface area contributed by atoms with Crippen molar-refractivity contribution in [2.75, 3.05) is 20.1 Å². The minimum atomic E-state index is -0.280. The van der Waals surface area contributed by atoms with Gasteiger partial charge in [-0.25, -0.2) is 0 Å². The average Bonchev–Trinajstić information content (AvgIpc) is 2.50. The first kappa shape index (κ1) is 14.1. The highest BCUT2D eigenvalue weighted by atomic mass is 16.2. The second-order valence-electron chi connectivity index (χ2n) is 5.85. The summed E-state index contributed by atoms with van der Waals surface area (Å²) < 4.78 is 0. The van der Waals surface area contributed by atoms with E-state index in [-0.39, 0.29) is 23.9 Å². The van der Waals surface area contributed by atoms with E-state index in [1.54, 1.807) is 11.9 Å². The normalized spacial score (nSPS) is 25.4. The standard InChI is InChI=1S/C16H21N3O2/c1-19-10-12(6-7-14(19)20)18-16(21)15-13-5-3-2-4-11(13)8-9-17-15/h2-5,12,15,17H,6-10H2,1H3,(H,18,21). The van der Waals surface area contributed by atoms with Crippen molar-refractivity contribution >= 4 is 11.8 Å². The van der Waals surface area contributed by atoms with E-state index in [1.807, 2.05) is 18.2 Å². The van der Waals surface area contributed by atoms with Crippen LogP contribution in [0.4, 0.5) is 0 Å². The number of rotatable bonds is 2. The molecule has 2 heterocycles. The fourth-order valence-electron chi connectivity index (χ4n) is 3.15. The number of piperidine rings is 1. The molecule has 112 valence electrons. The molecule has 0 saturated carbocycles. The van der Waals surface area contributed by atoms with Gasteiger partial charge in [0.2, 0.25) is 11.8 Å². The summed E-state index contributed by atoms with van der Waals surface area (Å²) in [5.41, 5.74) is 2.31. The lowest BCUT2D eigenvalue weighted by Crippen LogP contribution is -2.51. The first-order valence-electron chi connectivity index (χ1n) is 7.50. The summed E-state index contributed by atoms with van der Waals surface area (Å²) in [5.74, 6) is 0.163. The molecule has 0 aromatic heterocycles. The van der Waals surface area contributed by atoms with Gasteiger partial charge >= 0.3 is 0 Å². The number of nitrogens with zero attached hydrogens (tertiary/aromatic N) is 1. The summed E-state index contributed by atoms with van der Waals surface area (Å²) >= 11 is 0. The van der Waals surface area contributed by atoms with Gasteiger partial charge in [-0.3, -0.25) is 9.59 Å². The number of nitrogens with one attached hydrogen (secondary N) is 2. The maximum atomic E-state index is 12.5. The Balaban J connectivity index is 1.68. The van der Waals surface area contributed by atoms with Crippen molar-refractivity contribution in [3.63, 3.8) is 0 Å². The van der Waals surface area contributed by atoms with Gasteiger partial charge in [0, 0.05) is 32.6 Å². The molecule has 2 amide bonds. The molecule has 5 heteroatoms. The summed E-state index contributed by atoms with van der Waals surface area (Å²) in [4.78, 5) is 25.7. The van der Waals surface area contributed by atoms with Crippen molar-refractivity contribution in [1.29, 1.82) is 0 Å². The van der Waals surface area contributed by atoms with E-state index in [0.29, 0.717) is 13.0 Å². The SMILES string of the molecule is CN1CC(NC(=O)C2NCCc3ccccc32)CCC1=O. The molecular weight excluding hydrogens is 266 g/mol. The number of carbonyl (C=O) groups is 2. The van der Waals surface area contributed by atoms with Crippen molar-refractivity contribution in [2.24, 2.45) is 0 Å². The van der Waals surface area contributed by atoms with Gasteiger partial charge in [-0.15, -0.1) is 0 Å². The van der Waals surface area contributed by atoms with Gasteiger partial charge in [-0.1, -0.05) is 24.3 Å². The number of hydrogen-bond acceptors (Lipinski definition) is 3. The van der Waals surface area contributed by atoms with Gasteiger partial charge in [-0.2, -0.15) is 0 Å².